The van der Waals surface area contributed by atoms with Crippen LogP contribution < -0.4 is 4.90 Å². The molecule has 0 aliphatic rings. The molecule has 116 valence electrons. The molecule has 1 aromatic carbocycles. The Kier molecular flexibility index (Phi) is 7.51. The van der Waals surface area contributed by atoms with Gasteiger partial charge in [0.1, 0.15) is 6.54 Å². The summed E-state index contributed by atoms with van der Waals surface area (Å²) in [5.41, 5.74) is 0.877. The summed E-state index contributed by atoms with van der Waals surface area (Å²) < 4.78 is 0. The Morgan fingerprint density at radius 1 is 1.05 bits per heavy atom. The molecule has 4 nitrogen and oxygen atoms in total. The number of likely N-dealkylation sites (N-methyl/N-ethyl adjacent to an activating group) is 1. The molecule has 0 radical (unpaired) electrons. The minimum Gasteiger partial charge on any atom is -0.334 e. The molecule has 1 rings (SSSR count). The molecule has 0 saturated heterocycles. The summed E-state index contributed by atoms with van der Waals surface area (Å²) in [6.07, 6.45) is 3.12. The van der Waals surface area contributed by atoms with E-state index in [0.29, 0.717) is 13.1 Å². The topological polar surface area (TPSA) is 40.6 Å². The summed E-state index contributed by atoms with van der Waals surface area (Å²) in [6.45, 7) is 7.00. The molecule has 0 aromatic heterocycles. The van der Waals surface area contributed by atoms with E-state index in [1.165, 1.54) is 6.92 Å². The number of anilines is 1. The molecule has 2 amide bonds. The monoisotopic (exact) mass is 290 g/mol. The van der Waals surface area contributed by atoms with Crippen LogP contribution in [0.2, 0.25) is 0 Å². The summed E-state index contributed by atoms with van der Waals surface area (Å²) in [5.74, 6) is -0.0704. The Morgan fingerprint density at radius 2 is 1.71 bits per heavy atom. The van der Waals surface area contributed by atoms with Gasteiger partial charge in [0.25, 0.3) is 0 Å². The van der Waals surface area contributed by atoms with E-state index in [0.717, 1.165) is 24.9 Å². The second kappa shape index (κ2) is 9.16. The van der Waals surface area contributed by atoms with Crippen molar-refractivity contribution in [3.63, 3.8) is 0 Å². The molecular weight excluding hydrogens is 264 g/mol. The van der Waals surface area contributed by atoms with E-state index in [1.54, 1.807) is 9.80 Å². The van der Waals surface area contributed by atoms with Crippen LogP contribution in [0.4, 0.5) is 5.69 Å². The number of hydrogen-bond acceptors (Lipinski definition) is 2. The maximum absolute atomic E-state index is 12.5. The molecule has 0 heterocycles. The van der Waals surface area contributed by atoms with Gasteiger partial charge in [0.15, 0.2) is 0 Å². The normalized spacial score (nSPS) is 10.2. The van der Waals surface area contributed by atoms with Gasteiger partial charge in [-0.05, 0) is 25.5 Å². The van der Waals surface area contributed by atoms with Crippen LogP contribution in [-0.2, 0) is 9.59 Å². The van der Waals surface area contributed by atoms with Gasteiger partial charge >= 0.3 is 0 Å². The molecule has 1 aromatic rings. The molecule has 0 aliphatic heterocycles. The predicted molar refractivity (Wildman–Crippen MR) is 86.2 cm³/mol. The van der Waals surface area contributed by atoms with E-state index >= 15 is 0 Å². The fraction of sp³-hybridized carbons (Fsp3) is 0.529. The molecule has 0 saturated carbocycles. The molecule has 0 N–H and O–H groups in total. The largest absolute Gasteiger partial charge is 0.334 e. The van der Waals surface area contributed by atoms with E-state index in [4.69, 9.17) is 0 Å². The second-order valence-electron chi connectivity index (χ2n) is 5.12. The summed E-state index contributed by atoms with van der Waals surface area (Å²) >= 11 is 0. The molecule has 0 spiro atoms. The maximum Gasteiger partial charge on any atom is 0.246 e. The molecule has 0 bridgehead atoms. The number of carbonyl (C=O) groups is 2. The van der Waals surface area contributed by atoms with Gasteiger partial charge in [0.05, 0.1) is 0 Å². The van der Waals surface area contributed by atoms with E-state index in [-0.39, 0.29) is 18.4 Å². The highest BCUT2D eigenvalue weighted by molar-refractivity contribution is 5.96. The second-order valence-corrected chi connectivity index (χ2v) is 5.12. The van der Waals surface area contributed by atoms with Gasteiger partial charge < -0.3 is 9.80 Å². The average molecular weight is 290 g/mol. The van der Waals surface area contributed by atoms with E-state index in [9.17, 15) is 9.59 Å². The van der Waals surface area contributed by atoms with Crippen molar-refractivity contribution in [3.8, 4) is 0 Å². The van der Waals surface area contributed by atoms with Crippen molar-refractivity contribution in [1.82, 2.24) is 4.90 Å². The van der Waals surface area contributed by atoms with Crippen LogP contribution in [-0.4, -0.2) is 36.3 Å². The lowest BCUT2D eigenvalue weighted by atomic mass is 10.2. The quantitative estimate of drug-likeness (QED) is 0.690. The minimum atomic E-state index is -0.0384. The number of amides is 2. The predicted octanol–water partition coefficient (Wildman–Crippen LogP) is 3.08. The number of para-hydroxylation sites is 1. The van der Waals surface area contributed by atoms with Gasteiger partial charge in [-0.1, -0.05) is 38.0 Å². The van der Waals surface area contributed by atoms with E-state index in [2.05, 4.69) is 6.92 Å². The Morgan fingerprint density at radius 3 is 2.24 bits per heavy atom. The standard InChI is InChI=1S/C17H26N2O2/c1-4-6-10-13-18(15(3)20)14-17(21)19(5-2)16-11-8-7-9-12-16/h7-9,11-12H,4-6,10,13-14H2,1-3H3. The highest BCUT2D eigenvalue weighted by atomic mass is 16.2. The highest BCUT2D eigenvalue weighted by Gasteiger charge is 2.18. The average Bonchev–Trinajstić information content (AvgIpc) is 2.48. The number of nitrogens with zero attached hydrogens (tertiary/aromatic N) is 2. The third kappa shape index (κ3) is 5.58. The van der Waals surface area contributed by atoms with Crippen molar-refractivity contribution in [2.45, 2.75) is 40.0 Å². The van der Waals surface area contributed by atoms with Crippen LogP contribution in [0.15, 0.2) is 30.3 Å². The maximum atomic E-state index is 12.5. The Labute approximate surface area is 127 Å². The lowest BCUT2D eigenvalue weighted by molar-refractivity contribution is -0.133. The first-order valence-corrected chi connectivity index (χ1v) is 7.71. The van der Waals surface area contributed by atoms with Gasteiger partial charge in [-0.15, -0.1) is 0 Å². The molecule has 0 unspecified atom stereocenters. The van der Waals surface area contributed by atoms with Gasteiger partial charge in [-0.25, -0.2) is 0 Å². The van der Waals surface area contributed by atoms with Gasteiger partial charge in [-0.3, -0.25) is 9.59 Å². The first kappa shape index (κ1) is 17.2. The zero-order chi connectivity index (χ0) is 15.7. The number of rotatable bonds is 8. The van der Waals surface area contributed by atoms with Crippen molar-refractivity contribution in [1.29, 1.82) is 0 Å². The van der Waals surface area contributed by atoms with Crippen LogP contribution in [0.1, 0.15) is 40.0 Å². The molecule has 4 heteroatoms. The van der Waals surface area contributed by atoms with E-state index in [1.807, 2.05) is 37.3 Å². The Hall–Kier alpha value is -1.84. The first-order chi connectivity index (χ1) is 10.1. The molecular formula is C17H26N2O2. The fourth-order valence-corrected chi connectivity index (χ4v) is 2.26. The lowest BCUT2D eigenvalue weighted by Gasteiger charge is -2.26. The third-order valence-electron chi connectivity index (χ3n) is 3.49. The van der Waals surface area contributed by atoms with Crippen molar-refractivity contribution in [2.24, 2.45) is 0 Å². The fourth-order valence-electron chi connectivity index (χ4n) is 2.26. The third-order valence-corrected chi connectivity index (χ3v) is 3.49. The van der Waals surface area contributed by atoms with Crippen LogP contribution in [0.5, 0.6) is 0 Å². The van der Waals surface area contributed by atoms with Crippen molar-refractivity contribution >= 4 is 17.5 Å². The number of carbonyl (C=O) groups excluding carboxylic acids is 2. The van der Waals surface area contributed by atoms with Crippen LogP contribution >= 0.6 is 0 Å². The first-order valence-electron chi connectivity index (χ1n) is 7.71. The molecule has 0 atom stereocenters. The number of benzene rings is 1. The zero-order valence-electron chi connectivity index (χ0n) is 13.3. The zero-order valence-corrected chi connectivity index (χ0v) is 13.3. The highest BCUT2D eigenvalue weighted by Crippen LogP contribution is 2.13. The lowest BCUT2D eigenvalue weighted by Crippen LogP contribution is -2.42. The molecule has 21 heavy (non-hydrogen) atoms. The SMILES string of the molecule is CCCCCN(CC(=O)N(CC)c1ccccc1)C(C)=O. The summed E-state index contributed by atoms with van der Waals surface area (Å²) in [5, 5.41) is 0. The van der Waals surface area contributed by atoms with Gasteiger partial charge in [0.2, 0.25) is 11.8 Å². The van der Waals surface area contributed by atoms with Crippen molar-refractivity contribution in [2.75, 3.05) is 24.5 Å². The van der Waals surface area contributed by atoms with E-state index < -0.39 is 0 Å². The van der Waals surface area contributed by atoms with Crippen LogP contribution in [0.3, 0.4) is 0 Å². The summed E-state index contributed by atoms with van der Waals surface area (Å²) in [7, 11) is 0. The Balaban J connectivity index is 2.68. The van der Waals surface area contributed by atoms with Crippen molar-refractivity contribution in [3.05, 3.63) is 30.3 Å². The number of hydrogen-bond donors (Lipinski definition) is 0. The van der Waals surface area contributed by atoms with Crippen LogP contribution in [0.25, 0.3) is 0 Å². The minimum absolute atomic E-state index is 0.0320. The number of unbranched alkanes of at least 4 members (excludes halogenated alkanes) is 2. The molecule has 0 fully saturated rings. The van der Waals surface area contributed by atoms with Crippen LogP contribution in [0, 0.1) is 0 Å². The summed E-state index contributed by atoms with van der Waals surface area (Å²) in [4.78, 5) is 27.5. The van der Waals surface area contributed by atoms with Gasteiger partial charge in [0, 0.05) is 25.7 Å². The van der Waals surface area contributed by atoms with Crippen molar-refractivity contribution < 1.29 is 9.59 Å². The van der Waals surface area contributed by atoms with Gasteiger partial charge in [-0.2, -0.15) is 0 Å². The summed E-state index contributed by atoms with van der Waals surface area (Å²) in [6, 6.07) is 9.58. The smallest absolute Gasteiger partial charge is 0.246 e. The Bertz CT molecular complexity index is 445. The molecule has 0 aliphatic carbocycles.